The molecule has 132 valence electrons. The second-order valence-electron chi connectivity index (χ2n) is 7.42. The Labute approximate surface area is 143 Å². The Morgan fingerprint density at radius 2 is 2.17 bits per heavy atom. The third kappa shape index (κ3) is 3.69. The minimum absolute atomic E-state index is 0.194. The molecule has 0 amide bonds. The summed E-state index contributed by atoms with van der Waals surface area (Å²) in [4.78, 5) is 13.8. The zero-order valence-electron chi connectivity index (χ0n) is 14.3. The number of likely N-dealkylation sites (tertiary alicyclic amines) is 1. The van der Waals surface area contributed by atoms with Crippen LogP contribution in [0.3, 0.4) is 0 Å². The second-order valence-corrected chi connectivity index (χ2v) is 7.42. The normalized spacial score (nSPS) is 32.2. The number of nitrogens with one attached hydrogen (secondary N) is 2. The molecular formula is C17H28N6O. The van der Waals surface area contributed by atoms with Gasteiger partial charge < -0.3 is 14.5 Å². The number of piperidine rings is 1. The topological polar surface area (TPSA) is 65.6 Å². The van der Waals surface area contributed by atoms with Gasteiger partial charge in [-0.15, -0.1) is 0 Å². The minimum atomic E-state index is 0.194. The minimum Gasteiger partial charge on any atom is -0.379 e. The Bertz CT molecular complexity index is 523. The van der Waals surface area contributed by atoms with Crippen LogP contribution in [0.2, 0.25) is 0 Å². The molecule has 7 heteroatoms. The van der Waals surface area contributed by atoms with E-state index in [1.54, 1.807) is 0 Å². The van der Waals surface area contributed by atoms with Crippen molar-refractivity contribution in [3.05, 3.63) is 18.5 Å². The van der Waals surface area contributed by atoms with E-state index in [0.29, 0.717) is 6.04 Å². The van der Waals surface area contributed by atoms with Crippen LogP contribution in [0.15, 0.2) is 18.5 Å². The van der Waals surface area contributed by atoms with E-state index in [1.165, 1.54) is 25.8 Å². The molecule has 4 heterocycles. The molecule has 0 bridgehead atoms. The molecular weight excluding hydrogens is 304 g/mol. The first-order valence-corrected chi connectivity index (χ1v) is 9.14. The molecule has 1 aromatic heterocycles. The summed E-state index contributed by atoms with van der Waals surface area (Å²) in [7, 11) is 0. The Hall–Kier alpha value is -1.28. The fourth-order valence-corrected chi connectivity index (χ4v) is 4.31. The van der Waals surface area contributed by atoms with Gasteiger partial charge in [0.15, 0.2) is 0 Å². The Morgan fingerprint density at radius 1 is 1.25 bits per heavy atom. The fourth-order valence-electron chi connectivity index (χ4n) is 4.31. The van der Waals surface area contributed by atoms with Crippen LogP contribution in [0.5, 0.6) is 0 Å². The van der Waals surface area contributed by atoms with Gasteiger partial charge in [-0.05, 0) is 31.9 Å². The van der Waals surface area contributed by atoms with Gasteiger partial charge in [0.1, 0.15) is 0 Å². The standard InChI is InChI=1S/C17H28N6O/c1-4-17(12-22(8-1)11-15-3-7-20-21-15)13-23(9-10-24-14-17)16-18-5-2-6-19-16/h2,5-6,15,20-21H,1,3-4,7-14H2. The first-order chi connectivity index (χ1) is 11.8. The van der Waals surface area contributed by atoms with Gasteiger partial charge in [0.05, 0.1) is 13.2 Å². The van der Waals surface area contributed by atoms with Crippen LogP contribution in [0.1, 0.15) is 19.3 Å². The van der Waals surface area contributed by atoms with Gasteiger partial charge in [0, 0.05) is 56.6 Å². The zero-order valence-corrected chi connectivity index (χ0v) is 14.3. The molecule has 2 atom stereocenters. The lowest BCUT2D eigenvalue weighted by atomic mass is 9.80. The van der Waals surface area contributed by atoms with Gasteiger partial charge in [0.2, 0.25) is 5.95 Å². The number of hydrazine groups is 1. The van der Waals surface area contributed by atoms with E-state index in [0.717, 1.165) is 51.9 Å². The van der Waals surface area contributed by atoms with E-state index < -0.39 is 0 Å². The van der Waals surface area contributed by atoms with Crippen molar-refractivity contribution in [3.8, 4) is 0 Å². The monoisotopic (exact) mass is 332 g/mol. The van der Waals surface area contributed by atoms with Crippen LogP contribution >= 0.6 is 0 Å². The quantitative estimate of drug-likeness (QED) is 0.823. The highest BCUT2D eigenvalue weighted by Crippen LogP contribution is 2.34. The molecule has 24 heavy (non-hydrogen) atoms. The van der Waals surface area contributed by atoms with Crippen molar-refractivity contribution in [2.24, 2.45) is 5.41 Å². The number of aromatic nitrogens is 2. The summed E-state index contributed by atoms with van der Waals surface area (Å²) in [5, 5.41) is 0. The van der Waals surface area contributed by atoms with E-state index in [-0.39, 0.29) is 5.41 Å². The predicted octanol–water partition coefficient (Wildman–Crippen LogP) is 0.262. The maximum atomic E-state index is 6.01. The van der Waals surface area contributed by atoms with Crippen molar-refractivity contribution in [1.82, 2.24) is 25.7 Å². The van der Waals surface area contributed by atoms with Crippen molar-refractivity contribution in [1.29, 1.82) is 0 Å². The molecule has 2 N–H and O–H groups in total. The van der Waals surface area contributed by atoms with Gasteiger partial charge in [-0.1, -0.05) is 0 Å². The lowest BCUT2D eigenvalue weighted by Crippen LogP contribution is -2.53. The molecule has 7 nitrogen and oxygen atoms in total. The van der Waals surface area contributed by atoms with Gasteiger partial charge in [-0.3, -0.25) is 10.9 Å². The molecule has 3 fully saturated rings. The SMILES string of the molecule is c1cnc(N2CCOCC3(CCCN(CC4CCNN4)C3)C2)nc1. The third-order valence-electron chi connectivity index (χ3n) is 5.42. The highest BCUT2D eigenvalue weighted by atomic mass is 16.5. The number of nitrogens with zero attached hydrogens (tertiary/aromatic N) is 4. The van der Waals surface area contributed by atoms with Crippen molar-refractivity contribution in [2.75, 3.05) is 57.4 Å². The Morgan fingerprint density at radius 3 is 3.00 bits per heavy atom. The van der Waals surface area contributed by atoms with Gasteiger partial charge in [-0.25, -0.2) is 9.97 Å². The molecule has 2 unspecified atom stereocenters. The van der Waals surface area contributed by atoms with Gasteiger partial charge in [-0.2, -0.15) is 0 Å². The molecule has 1 spiro atoms. The summed E-state index contributed by atoms with van der Waals surface area (Å²) in [6.07, 6.45) is 7.33. The van der Waals surface area contributed by atoms with Crippen molar-refractivity contribution in [2.45, 2.75) is 25.3 Å². The van der Waals surface area contributed by atoms with Gasteiger partial charge >= 0.3 is 0 Å². The zero-order chi connectivity index (χ0) is 16.2. The lowest BCUT2D eigenvalue weighted by molar-refractivity contribution is 0.0109. The molecule has 4 rings (SSSR count). The summed E-state index contributed by atoms with van der Waals surface area (Å²) in [5.74, 6) is 0.834. The largest absolute Gasteiger partial charge is 0.379 e. The molecule has 3 saturated heterocycles. The Balaban J connectivity index is 1.45. The highest BCUT2D eigenvalue weighted by molar-refractivity contribution is 5.29. The Kier molecular flexibility index (Phi) is 4.93. The van der Waals surface area contributed by atoms with E-state index in [1.807, 2.05) is 18.5 Å². The van der Waals surface area contributed by atoms with E-state index in [2.05, 4.69) is 30.6 Å². The average molecular weight is 332 g/mol. The van der Waals surface area contributed by atoms with Crippen LogP contribution in [0.25, 0.3) is 0 Å². The van der Waals surface area contributed by atoms with Crippen molar-refractivity contribution in [3.63, 3.8) is 0 Å². The number of ether oxygens (including phenoxy) is 1. The first kappa shape index (κ1) is 16.2. The van der Waals surface area contributed by atoms with E-state index >= 15 is 0 Å². The maximum absolute atomic E-state index is 6.01. The third-order valence-corrected chi connectivity index (χ3v) is 5.42. The molecule has 3 aliphatic rings. The molecule has 0 aliphatic carbocycles. The number of rotatable bonds is 3. The molecule has 0 saturated carbocycles. The second kappa shape index (κ2) is 7.31. The summed E-state index contributed by atoms with van der Waals surface area (Å²) in [6.45, 7) is 7.97. The van der Waals surface area contributed by atoms with Crippen LogP contribution in [0.4, 0.5) is 5.95 Å². The van der Waals surface area contributed by atoms with Crippen LogP contribution < -0.4 is 15.8 Å². The van der Waals surface area contributed by atoms with Crippen LogP contribution in [-0.4, -0.2) is 73.4 Å². The maximum Gasteiger partial charge on any atom is 0.225 e. The summed E-state index contributed by atoms with van der Waals surface area (Å²) >= 11 is 0. The number of hydrogen-bond donors (Lipinski definition) is 2. The molecule has 3 aliphatic heterocycles. The average Bonchev–Trinajstić information content (AvgIpc) is 3.03. The fraction of sp³-hybridized carbons (Fsp3) is 0.765. The van der Waals surface area contributed by atoms with E-state index in [4.69, 9.17) is 4.74 Å². The van der Waals surface area contributed by atoms with Crippen LogP contribution in [-0.2, 0) is 4.74 Å². The lowest BCUT2D eigenvalue weighted by Gasteiger charge is -2.44. The van der Waals surface area contributed by atoms with Crippen molar-refractivity contribution >= 4 is 5.95 Å². The number of hydrogen-bond acceptors (Lipinski definition) is 7. The molecule has 0 radical (unpaired) electrons. The first-order valence-electron chi connectivity index (χ1n) is 9.14. The van der Waals surface area contributed by atoms with Gasteiger partial charge in [0.25, 0.3) is 0 Å². The molecule has 1 aromatic rings. The van der Waals surface area contributed by atoms with E-state index in [9.17, 15) is 0 Å². The summed E-state index contributed by atoms with van der Waals surface area (Å²) in [6, 6.07) is 2.44. The summed E-state index contributed by atoms with van der Waals surface area (Å²) < 4.78 is 6.01. The predicted molar refractivity (Wildman–Crippen MR) is 92.7 cm³/mol. The summed E-state index contributed by atoms with van der Waals surface area (Å²) in [5.41, 5.74) is 6.83. The van der Waals surface area contributed by atoms with Crippen molar-refractivity contribution < 1.29 is 4.74 Å². The highest BCUT2D eigenvalue weighted by Gasteiger charge is 2.40. The molecule has 0 aromatic carbocycles. The van der Waals surface area contributed by atoms with Crippen LogP contribution in [0, 0.1) is 5.41 Å². The smallest absolute Gasteiger partial charge is 0.225 e. The number of anilines is 1.